The minimum Gasteiger partial charge on any atom is -0.308 e. The second kappa shape index (κ2) is 8.62. The number of aryl methyl sites for hydroxylation is 1. The predicted molar refractivity (Wildman–Crippen MR) is 113 cm³/mol. The normalized spacial score (nSPS) is 19.7. The largest absolute Gasteiger partial charge is 0.354 e. The molecule has 0 N–H and O–H groups in total. The number of carbonyl (C=O) groups excluding carboxylic acids is 1. The zero-order chi connectivity index (χ0) is 19.5. The van der Waals surface area contributed by atoms with Gasteiger partial charge in [0.25, 0.3) is 0 Å². The van der Waals surface area contributed by atoms with Crippen LogP contribution in [0.15, 0.2) is 57.9 Å². The first-order valence-electron chi connectivity index (χ1n) is 8.92. The number of fused-ring (bicyclic) bond motifs is 1. The molecule has 1 aliphatic rings. The van der Waals surface area contributed by atoms with Crippen molar-refractivity contribution in [3.8, 4) is 0 Å². The van der Waals surface area contributed by atoms with Crippen molar-refractivity contribution in [2.45, 2.75) is 36.1 Å². The lowest BCUT2D eigenvalue weighted by Gasteiger charge is -2.40. The van der Waals surface area contributed by atoms with E-state index in [1.54, 1.807) is 19.9 Å². The monoisotopic (exact) mass is 468 g/mol. The number of carbonyl (C=O) groups is 1. The Morgan fingerprint density at radius 2 is 1.70 bits per heavy atom. The number of hydrogen-bond acceptors (Lipinski definition) is 5. The van der Waals surface area contributed by atoms with Gasteiger partial charge in [0.2, 0.25) is 0 Å². The first kappa shape index (κ1) is 20.8. The van der Waals surface area contributed by atoms with Crippen LogP contribution < -0.4 is 0 Å². The maximum absolute atomic E-state index is 13.9. The second-order valence-electron chi connectivity index (χ2n) is 6.16. The van der Waals surface area contributed by atoms with E-state index in [9.17, 15) is 9.36 Å². The summed E-state index contributed by atoms with van der Waals surface area (Å²) < 4.78 is 24.9. The van der Waals surface area contributed by atoms with Crippen LogP contribution in [0.2, 0.25) is 0 Å². The fourth-order valence-corrected chi connectivity index (χ4v) is 7.62. The van der Waals surface area contributed by atoms with E-state index in [-0.39, 0.29) is 19.0 Å². The summed E-state index contributed by atoms with van der Waals surface area (Å²) in [6.45, 7) is 3.97. The molecule has 0 fully saturated rings. The molecule has 2 aromatic rings. The third-order valence-corrected chi connectivity index (χ3v) is 9.71. The van der Waals surface area contributed by atoms with E-state index in [0.717, 1.165) is 14.9 Å². The van der Waals surface area contributed by atoms with Crippen LogP contribution in [-0.2, 0) is 20.0 Å². The number of rotatable bonds is 7. The molecule has 0 heterocycles. The molecule has 0 radical (unpaired) electrons. The molecule has 0 saturated carbocycles. The van der Waals surface area contributed by atoms with Crippen LogP contribution in [0.5, 0.6) is 0 Å². The number of thioether (sulfide) groups is 1. The van der Waals surface area contributed by atoms with Crippen LogP contribution >= 0.6 is 35.3 Å². The van der Waals surface area contributed by atoms with Crippen LogP contribution in [0.4, 0.5) is 0 Å². The molecule has 144 valence electrons. The molecule has 0 aliphatic heterocycles. The first-order chi connectivity index (χ1) is 13.0. The number of Topliss-reactive ketones (excluding diaryl/α,β-unsaturated/α-hetero) is 1. The molecule has 0 aromatic heterocycles. The zero-order valence-corrected chi connectivity index (χ0v) is 18.6. The maximum Gasteiger partial charge on any atom is 0.354 e. The number of hydrogen-bond donors (Lipinski definition) is 0. The summed E-state index contributed by atoms with van der Waals surface area (Å²) in [4.78, 5) is 14.5. The molecule has 7 heteroatoms. The van der Waals surface area contributed by atoms with E-state index in [2.05, 4.69) is 15.9 Å². The third kappa shape index (κ3) is 3.96. The Labute approximate surface area is 172 Å². The van der Waals surface area contributed by atoms with Gasteiger partial charge < -0.3 is 9.05 Å². The standard InChI is InChI=1S/C20H22BrO4PS/c1-3-24-26(23,25-4-2)20(27-17-11-9-16(21)10-12-17)14-13-15-7-5-6-8-18(15)19(20)22/h5-12H,3-4,13-14H2,1-2H3/t20-/m1/s1. The molecule has 0 spiro atoms. The van der Waals surface area contributed by atoms with Crippen molar-refractivity contribution < 1.29 is 18.4 Å². The molecule has 0 saturated heterocycles. The van der Waals surface area contributed by atoms with Crippen LogP contribution in [0.1, 0.15) is 36.2 Å². The highest BCUT2D eigenvalue weighted by Gasteiger charge is 2.59. The molecule has 2 aromatic carbocycles. The smallest absolute Gasteiger partial charge is 0.308 e. The van der Waals surface area contributed by atoms with Gasteiger partial charge in [0.1, 0.15) is 0 Å². The molecule has 1 aliphatic carbocycles. The zero-order valence-electron chi connectivity index (χ0n) is 15.3. The maximum atomic E-state index is 13.9. The van der Waals surface area contributed by atoms with Crippen molar-refractivity contribution in [3.05, 3.63) is 64.1 Å². The molecule has 4 nitrogen and oxygen atoms in total. The van der Waals surface area contributed by atoms with E-state index in [4.69, 9.17) is 9.05 Å². The molecule has 0 amide bonds. The highest BCUT2D eigenvalue weighted by atomic mass is 79.9. The summed E-state index contributed by atoms with van der Waals surface area (Å²) in [5.41, 5.74) is 1.59. The van der Waals surface area contributed by atoms with Gasteiger partial charge in [0.15, 0.2) is 10.3 Å². The van der Waals surface area contributed by atoms with Crippen LogP contribution in [-0.4, -0.2) is 23.5 Å². The average Bonchev–Trinajstić information content (AvgIpc) is 2.66. The first-order valence-corrected chi connectivity index (χ1v) is 12.1. The minimum absolute atomic E-state index is 0.178. The van der Waals surface area contributed by atoms with E-state index < -0.39 is 12.1 Å². The summed E-state index contributed by atoms with van der Waals surface area (Å²) in [6.07, 6.45) is 1.05. The SMILES string of the molecule is CCOP(=O)(OCC)[C@@]1(Sc2ccc(Br)cc2)CCc2ccccc2C1=O. The number of ketones is 1. The van der Waals surface area contributed by atoms with Crippen molar-refractivity contribution in [3.63, 3.8) is 0 Å². The lowest BCUT2D eigenvalue weighted by Crippen LogP contribution is -2.41. The van der Waals surface area contributed by atoms with Crippen LogP contribution in [0.3, 0.4) is 0 Å². The minimum atomic E-state index is -3.71. The fraction of sp³-hybridized carbons (Fsp3) is 0.350. The number of benzene rings is 2. The van der Waals surface area contributed by atoms with E-state index in [1.165, 1.54) is 11.8 Å². The summed E-state index contributed by atoms with van der Waals surface area (Å²) in [6, 6.07) is 15.1. The average molecular weight is 469 g/mol. The molecule has 3 rings (SSSR count). The van der Waals surface area contributed by atoms with Crippen molar-refractivity contribution in [1.82, 2.24) is 0 Å². The van der Waals surface area contributed by atoms with Gasteiger partial charge in [0.05, 0.1) is 13.2 Å². The Bertz CT molecular complexity index is 861. The molecule has 27 heavy (non-hydrogen) atoms. The highest BCUT2D eigenvalue weighted by Crippen LogP contribution is 2.69. The molecule has 0 bridgehead atoms. The second-order valence-corrected chi connectivity index (χ2v) is 11.0. The Morgan fingerprint density at radius 1 is 1.07 bits per heavy atom. The van der Waals surface area contributed by atoms with E-state index in [0.29, 0.717) is 18.4 Å². The molecular formula is C20H22BrO4PS. The van der Waals surface area contributed by atoms with Gasteiger partial charge >= 0.3 is 7.60 Å². The van der Waals surface area contributed by atoms with Gasteiger partial charge in [-0.15, -0.1) is 0 Å². The Kier molecular flexibility index (Phi) is 6.65. The Hall–Kier alpha value is -0.910. The lowest BCUT2D eigenvalue weighted by atomic mass is 9.90. The molecular weight excluding hydrogens is 447 g/mol. The van der Waals surface area contributed by atoms with Crippen LogP contribution in [0.25, 0.3) is 0 Å². The molecule has 0 unspecified atom stereocenters. The Morgan fingerprint density at radius 3 is 2.33 bits per heavy atom. The number of halogens is 1. The molecule has 1 atom stereocenters. The van der Waals surface area contributed by atoms with Gasteiger partial charge in [-0.05, 0) is 56.5 Å². The summed E-state index contributed by atoms with van der Waals surface area (Å²) in [5, 5.41) is 0. The lowest BCUT2D eigenvalue weighted by molar-refractivity contribution is 0.0938. The summed E-state index contributed by atoms with van der Waals surface area (Å²) >= 11 is 4.72. The quantitative estimate of drug-likeness (QED) is 0.444. The van der Waals surface area contributed by atoms with Gasteiger partial charge in [0, 0.05) is 14.9 Å². The van der Waals surface area contributed by atoms with Crippen molar-refractivity contribution in [2.24, 2.45) is 0 Å². The van der Waals surface area contributed by atoms with Gasteiger partial charge in [-0.1, -0.05) is 52.0 Å². The summed E-state index contributed by atoms with van der Waals surface area (Å²) in [7, 11) is -3.71. The Balaban J connectivity index is 2.13. The van der Waals surface area contributed by atoms with Crippen molar-refractivity contribution in [1.29, 1.82) is 0 Å². The van der Waals surface area contributed by atoms with Crippen molar-refractivity contribution >= 4 is 41.1 Å². The summed E-state index contributed by atoms with van der Waals surface area (Å²) in [5.74, 6) is -0.178. The van der Waals surface area contributed by atoms with E-state index >= 15 is 0 Å². The predicted octanol–water partition coefficient (Wildman–Crippen LogP) is 6.33. The van der Waals surface area contributed by atoms with Crippen LogP contribution in [0, 0.1) is 0 Å². The van der Waals surface area contributed by atoms with E-state index in [1.807, 2.05) is 42.5 Å². The third-order valence-electron chi connectivity index (χ3n) is 4.49. The van der Waals surface area contributed by atoms with Gasteiger partial charge in [-0.25, -0.2) is 0 Å². The van der Waals surface area contributed by atoms with Gasteiger partial charge in [-0.3, -0.25) is 9.36 Å². The van der Waals surface area contributed by atoms with Crippen molar-refractivity contribution in [2.75, 3.05) is 13.2 Å². The van der Waals surface area contributed by atoms with Gasteiger partial charge in [-0.2, -0.15) is 0 Å². The topological polar surface area (TPSA) is 52.6 Å². The highest BCUT2D eigenvalue weighted by molar-refractivity contribution is 9.10. The fourth-order valence-electron chi connectivity index (χ4n) is 3.29.